The molecule has 60 valence electrons. The van der Waals surface area contributed by atoms with Gasteiger partial charge in [-0.3, -0.25) is 0 Å². The number of rotatable bonds is 5. The molecule has 0 N–H and O–H groups in total. The summed E-state index contributed by atoms with van der Waals surface area (Å²) in [6.45, 7) is 7.06. The topological polar surface area (TPSA) is 9.23 Å². The number of ether oxygens (including phenoxy) is 1. The smallest absolute Gasteiger partial charge is 0.0963 e. The Labute approximate surface area is 67.8 Å². The van der Waals surface area contributed by atoms with E-state index in [4.69, 9.17) is 4.74 Å². The minimum Gasteiger partial charge on any atom is -0.500 e. The van der Waals surface area contributed by atoms with Crippen LogP contribution in [0.15, 0.2) is 11.8 Å². The predicted octanol–water partition coefficient (Wildman–Crippen LogP) is 2.68. The van der Waals surface area contributed by atoms with Crippen molar-refractivity contribution in [3.63, 3.8) is 0 Å². The van der Waals surface area contributed by atoms with Crippen LogP contribution >= 0.6 is 11.8 Å². The predicted molar refractivity (Wildman–Crippen MR) is 48.4 cm³/mol. The summed E-state index contributed by atoms with van der Waals surface area (Å²) < 4.78 is 5.21. The highest BCUT2D eigenvalue weighted by Gasteiger charge is 1.83. The Morgan fingerprint density at radius 2 is 2.20 bits per heavy atom. The molecule has 0 rings (SSSR count). The standard InChI is InChI=1S/C8H16OS/c1-4-10-6-5-9-7-8(2)3/h7H,4-6H2,1-3H3. The summed E-state index contributed by atoms with van der Waals surface area (Å²) in [6.07, 6.45) is 1.82. The third kappa shape index (κ3) is 7.89. The molecule has 0 saturated carbocycles. The van der Waals surface area contributed by atoms with Crippen LogP contribution in [-0.4, -0.2) is 18.1 Å². The molecule has 0 aromatic heterocycles. The van der Waals surface area contributed by atoms with Crippen LogP contribution in [0.1, 0.15) is 20.8 Å². The second-order valence-electron chi connectivity index (χ2n) is 2.26. The molecule has 0 atom stereocenters. The van der Waals surface area contributed by atoms with E-state index in [9.17, 15) is 0 Å². The van der Waals surface area contributed by atoms with Gasteiger partial charge in [-0.2, -0.15) is 11.8 Å². The third-order valence-electron chi connectivity index (χ3n) is 0.869. The maximum absolute atomic E-state index is 5.21. The van der Waals surface area contributed by atoms with E-state index >= 15 is 0 Å². The summed E-state index contributed by atoms with van der Waals surface area (Å²) in [5, 5.41) is 0. The molecule has 0 amide bonds. The SMILES string of the molecule is CCSCCOC=C(C)C. The van der Waals surface area contributed by atoms with E-state index < -0.39 is 0 Å². The Morgan fingerprint density at radius 1 is 1.50 bits per heavy atom. The average Bonchev–Trinajstić information content (AvgIpc) is 1.87. The molecule has 0 aliphatic heterocycles. The molecule has 0 fully saturated rings. The number of thioether (sulfide) groups is 1. The molecule has 0 spiro atoms. The summed E-state index contributed by atoms with van der Waals surface area (Å²) in [7, 11) is 0. The minimum absolute atomic E-state index is 0.837. The number of hydrogen-bond donors (Lipinski definition) is 0. The van der Waals surface area contributed by atoms with Crippen LogP contribution in [0.5, 0.6) is 0 Å². The molecule has 0 aromatic carbocycles. The molecule has 0 unspecified atom stereocenters. The van der Waals surface area contributed by atoms with Gasteiger partial charge in [-0.15, -0.1) is 0 Å². The largest absolute Gasteiger partial charge is 0.500 e. The van der Waals surface area contributed by atoms with E-state index in [1.54, 1.807) is 0 Å². The molecule has 0 heterocycles. The highest BCUT2D eigenvalue weighted by molar-refractivity contribution is 7.99. The highest BCUT2D eigenvalue weighted by atomic mass is 32.2. The molecule has 0 saturated heterocycles. The van der Waals surface area contributed by atoms with Gasteiger partial charge in [-0.25, -0.2) is 0 Å². The van der Waals surface area contributed by atoms with Crippen molar-refractivity contribution in [1.29, 1.82) is 0 Å². The van der Waals surface area contributed by atoms with Crippen molar-refractivity contribution in [1.82, 2.24) is 0 Å². The van der Waals surface area contributed by atoms with Gasteiger partial charge in [0.1, 0.15) is 0 Å². The van der Waals surface area contributed by atoms with Crippen molar-refractivity contribution in [2.45, 2.75) is 20.8 Å². The van der Waals surface area contributed by atoms with Gasteiger partial charge < -0.3 is 4.74 Å². The molecular formula is C8H16OS. The first-order valence-electron chi connectivity index (χ1n) is 3.60. The van der Waals surface area contributed by atoms with Crippen molar-refractivity contribution < 1.29 is 4.74 Å². The van der Waals surface area contributed by atoms with Gasteiger partial charge in [-0.1, -0.05) is 6.92 Å². The number of hydrogen-bond acceptors (Lipinski definition) is 2. The Bertz CT molecular complexity index is 95.4. The Kier molecular flexibility index (Phi) is 6.93. The van der Waals surface area contributed by atoms with Crippen molar-refractivity contribution >= 4 is 11.8 Å². The first kappa shape index (κ1) is 9.89. The molecule has 10 heavy (non-hydrogen) atoms. The van der Waals surface area contributed by atoms with E-state index in [0.29, 0.717) is 0 Å². The normalized spacial score (nSPS) is 9.10. The van der Waals surface area contributed by atoms with Crippen LogP contribution < -0.4 is 0 Å². The lowest BCUT2D eigenvalue weighted by atomic mass is 10.4. The van der Waals surface area contributed by atoms with E-state index in [0.717, 1.165) is 12.4 Å². The second-order valence-corrected chi connectivity index (χ2v) is 3.66. The summed E-state index contributed by atoms with van der Waals surface area (Å²) in [5.41, 5.74) is 1.22. The second kappa shape index (κ2) is 7.00. The summed E-state index contributed by atoms with van der Waals surface area (Å²) in [6, 6.07) is 0. The van der Waals surface area contributed by atoms with Gasteiger partial charge in [-0.05, 0) is 25.2 Å². The molecule has 0 aromatic rings. The number of allylic oxidation sites excluding steroid dienone is 1. The lowest BCUT2D eigenvalue weighted by Crippen LogP contribution is -1.91. The summed E-state index contributed by atoms with van der Waals surface area (Å²) >= 11 is 1.91. The van der Waals surface area contributed by atoms with Crippen molar-refractivity contribution in [2.24, 2.45) is 0 Å². The van der Waals surface area contributed by atoms with Crippen molar-refractivity contribution in [3.05, 3.63) is 11.8 Å². The van der Waals surface area contributed by atoms with Crippen LogP contribution in [0.3, 0.4) is 0 Å². The molecular weight excluding hydrogens is 144 g/mol. The van der Waals surface area contributed by atoms with Crippen molar-refractivity contribution in [2.75, 3.05) is 18.1 Å². The maximum atomic E-state index is 5.21. The van der Waals surface area contributed by atoms with Crippen LogP contribution in [-0.2, 0) is 4.74 Å². The van der Waals surface area contributed by atoms with Crippen LogP contribution in [0.25, 0.3) is 0 Å². The fraction of sp³-hybridized carbons (Fsp3) is 0.750. The Morgan fingerprint density at radius 3 is 2.70 bits per heavy atom. The van der Waals surface area contributed by atoms with Crippen molar-refractivity contribution in [3.8, 4) is 0 Å². The van der Waals surface area contributed by atoms with E-state index in [1.165, 1.54) is 11.3 Å². The zero-order valence-corrected chi connectivity index (χ0v) is 7.83. The first-order valence-corrected chi connectivity index (χ1v) is 4.75. The fourth-order valence-corrected chi connectivity index (χ4v) is 0.980. The highest BCUT2D eigenvalue weighted by Crippen LogP contribution is 1.98. The summed E-state index contributed by atoms with van der Waals surface area (Å²) in [5.74, 6) is 2.28. The molecule has 0 aliphatic carbocycles. The lowest BCUT2D eigenvalue weighted by Gasteiger charge is -1.99. The first-order chi connectivity index (χ1) is 4.77. The summed E-state index contributed by atoms with van der Waals surface area (Å²) in [4.78, 5) is 0. The Balaban J connectivity index is 2.98. The third-order valence-corrected chi connectivity index (χ3v) is 1.73. The Hall–Kier alpha value is -0.110. The lowest BCUT2D eigenvalue weighted by molar-refractivity contribution is 0.269. The van der Waals surface area contributed by atoms with Gasteiger partial charge >= 0.3 is 0 Å². The fourth-order valence-electron chi connectivity index (χ4n) is 0.477. The van der Waals surface area contributed by atoms with Gasteiger partial charge in [0.15, 0.2) is 0 Å². The quantitative estimate of drug-likeness (QED) is 0.452. The average molecular weight is 160 g/mol. The molecule has 0 bridgehead atoms. The molecule has 0 aliphatic rings. The molecule has 2 heteroatoms. The zero-order chi connectivity index (χ0) is 7.82. The van der Waals surface area contributed by atoms with Crippen LogP contribution in [0, 0.1) is 0 Å². The van der Waals surface area contributed by atoms with Gasteiger partial charge in [0.25, 0.3) is 0 Å². The monoisotopic (exact) mass is 160 g/mol. The maximum Gasteiger partial charge on any atom is 0.0963 e. The van der Waals surface area contributed by atoms with E-state index in [2.05, 4.69) is 6.92 Å². The minimum atomic E-state index is 0.837. The zero-order valence-electron chi connectivity index (χ0n) is 7.02. The van der Waals surface area contributed by atoms with Crippen LogP contribution in [0.2, 0.25) is 0 Å². The van der Waals surface area contributed by atoms with E-state index in [-0.39, 0.29) is 0 Å². The van der Waals surface area contributed by atoms with E-state index in [1.807, 2.05) is 31.9 Å². The van der Waals surface area contributed by atoms with Gasteiger partial charge in [0.05, 0.1) is 12.9 Å². The molecule has 1 nitrogen and oxygen atoms in total. The van der Waals surface area contributed by atoms with Gasteiger partial charge in [0, 0.05) is 5.75 Å². The molecule has 0 radical (unpaired) electrons. The van der Waals surface area contributed by atoms with Gasteiger partial charge in [0.2, 0.25) is 0 Å². The van der Waals surface area contributed by atoms with Crippen LogP contribution in [0.4, 0.5) is 0 Å².